The zero-order chi connectivity index (χ0) is 11.4. The molecule has 0 spiro atoms. The Balaban J connectivity index is 2.79. The number of nitrogens with zero attached hydrogens (tertiary/aromatic N) is 1. The van der Waals surface area contributed by atoms with E-state index in [1.54, 1.807) is 0 Å². The van der Waals surface area contributed by atoms with Gasteiger partial charge in [-0.25, -0.2) is 9.59 Å². The monoisotopic (exact) mass is 215 g/mol. The van der Waals surface area contributed by atoms with Gasteiger partial charge in [-0.2, -0.15) is 0 Å². The van der Waals surface area contributed by atoms with E-state index in [9.17, 15) is 14.4 Å². The van der Waals surface area contributed by atoms with Gasteiger partial charge < -0.3 is 9.47 Å². The number of hydrogen-bond acceptors (Lipinski definition) is 5. The van der Waals surface area contributed by atoms with Gasteiger partial charge in [0.15, 0.2) is 5.78 Å². The molecule has 1 saturated heterocycles. The molecule has 0 aromatic rings. The molecule has 84 valence electrons. The fraction of sp³-hybridized carbons (Fsp3) is 0.667. The fourth-order valence-corrected chi connectivity index (χ4v) is 1.52. The number of piperidine rings is 1. The van der Waals surface area contributed by atoms with Gasteiger partial charge in [0, 0.05) is 6.42 Å². The molecule has 1 fully saturated rings. The highest BCUT2D eigenvalue weighted by atomic mass is 16.5. The van der Waals surface area contributed by atoms with Gasteiger partial charge in [0.05, 0.1) is 20.8 Å². The van der Waals surface area contributed by atoms with Crippen molar-refractivity contribution < 1.29 is 23.9 Å². The minimum absolute atomic E-state index is 0.0828. The third kappa shape index (κ3) is 2.45. The molecule has 1 aliphatic heterocycles. The molecule has 1 amide bonds. The van der Waals surface area contributed by atoms with Gasteiger partial charge in [0.2, 0.25) is 0 Å². The molecule has 0 N–H and O–H groups in total. The molecule has 0 radical (unpaired) electrons. The number of ketones is 1. The van der Waals surface area contributed by atoms with Crippen molar-refractivity contribution in [1.82, 2.24) is 4.90 Å². The van der Waals surface area contributed by atoms with Crippen LogP contribution in [0.4, 0.5) is 4.79 Å². The Morgan fingerprint density at radius 2 is 2.00 bits per heavy atom. The van der Waals surface area contributed by atoms with Crippen molar-refractivity contribution >= 4 is 17.8 Å². The van der Waals surface area contributed by atoms with E-state index in [2.05, 4.69) is 9.47 Å². The number of hydrogen-bond donors (Lipinski definition) is 0. The quantitative estimate of drug-likeness (QED) is 0.574. The summed E-state index contributed by atoms with van der Waals surface area (Å²) in [6, 6.07) is -0.708. The molecule has 6 heteroatoms. The smallest absolute Gasteiger partial charge is 0.410 e. The van der Waals surface area contributed by atoms with Crippen LogP contribution in [0.3, 0.4) is 0 Å². The van der Waals surface area contributed by atoms with Crippen molar-refractivity contribution in [2.24, 2.45) is 0 Å². The van der Waals surface area contributed by atoms with Crippen LogP contribution < -0.4 is 0 Å². The Bertz CT molecular complexity index is 288. The van der Waals surface area contributed by atoms with E-state index in [1.807, 2.05) is 0 Å². The van der Waals surface area contributed by atoms with Crippen LogP contribution in [0.2, 0.25) is 0 Å². The van der Waals surface area contributed by atoms with Gasteiger partial charge >= 0.3 is 12.1 Å². The zero-order valence-electron chi connectivity index (χ0n) is 8.69. The fourth-order valence-electron chi connectivity index (χ4n) is 1.52. The summed E-state index contributed by atoms with van der Waals surface area (Å²) in [5.74, 6) is -0.603. The summed E-state index contributed by atoms with van der Waals surface area (Å²) in [6.45, 7) is -0.0908. The largest absolute Gasteiger partial charge is 0.467 e. The summed E-state index contributed by atoms with van der Waals surface area (Å²) in [7, 11) is 2.45. The highest BCUT2D eigenvalue weighted by Gasteiger charge is 2.36. The van der Waals surface area contributed by atoms with Crippen molar-refractivity contribution in [1.29, 1.82) is 0 Å². The van der Waals surface area contributed by atoms with Crippen LogP contribution in [0, 0.1) is 0 Å². The summed E-state index contributed by atoms with van der Waals surface area (Å²) in [4.78, 5) is 34.9. The minimum atomic E-state index is -0.708. The average molecular weight is 215 g/mol. The summed E-state index contributed by atoms with van der Waals surface area (Å²) in [5, 5.41) is 0. The molecule has 0 aromatic carbocycles. The predicted octanol–water partition coefficient (Wildman–Crippen LogP) is -0.0407. The van der Waals surface area contributed by atoms with Crippen molar-refractivity contribution in [3.05, 3.63) is 0 Å². The number of esters is 1. The molecule has 0 aromatic heterocycles. The number of amides is 1. The van der Waals surface area contributed by atoms with Crippen LogP contribution in [0.5, 0.6) is 0 Å². The van der Waals surface area contributed by atoms with E-state index < -0.39 is 18.1 Å². The van der Waals surface area contributed by atoms with Gasteiger partial charge in [-0.15, -0.1) is 0 Å². The van der Waals surface area contributed by atoms with E-state index >= 15 is 0 Å². The van der Waals surface area contributed by atoms with E-state index in [-0.39, 0.29) is 18.7 Å². The normalized spacial score (nSPS) is 21.1. The summed E-state index contributed by atoms with van der Waals surface area (Å²) < 4.78 is 9.04. The van der Waals surface area contributed by atoms with E-state index in [0.29, 0.717) is 6.42 Å². The molecule has 6 nitrogen and oxygen atoms in total. The van der Waals surface area contributed by atoms with Crippen LogP contribution in [0.1, 0.15) is 12.8 Å². The molecule has 0 saturated carbocycles. The average Bonchev–Trinajstić information content (AvgIpc) is 2.26. The van der Waals surface area contributed by atoms with Crippen molar-refractivity contribution in [2.75, 3.05) is 20.8 Å². The highest BCUT2D eigenvalue weighted by molar-refractivity contribution is 5.90. The number of likely N-dealkylation sites (tertiary alicyclic amines) is 1. The minimum Gasteiger partial charge on any atom is -0.467 e. The second-order valence-corrected chi connectivity index (χ2v) is 3.21. The number of Topliss-reactive ketones (excluding diaryl/α,β-unsaturated/α-hetero) is 1. The Hall–Kier alpha value is -1.59. The molecular weight excluding hydrogens is 202 g/mol. The van der Waals surface area contributed by atoms with Gasteiger partial charge in [0.25, 0.3) is 0 Å². The first-order chi connectivity index (χ1) is 7.10. The van der Waals surface area contributed by atoms with Crippen LogP contribution >= 0.6 is 0 Å². The lowest BCUT2D eigenvalue weighted by molar-refractivity contribution is -0.148. The Morgan fingerprint density at radius 1 is 1.33 bits per heavy atom. The molecular formula is C9H13NO5. The molecule has 1 rings (SSSR count). The van der Waals surface area contributed by atoms with Crippen LogP contribution in [-0.4, -0.2) is 49.6 Å². The maximum Gasteiger partial charge on any atom is 0.410 e. The number of methoxy groups -OCH3 is 2. The van der Waals surface area contributed by atoms with E-state index in [1.165, 1.54) is 14.2 Å². The van der Waals surface area contributed by atoms with Gasteiger partial charge in [-0.3, -0.25) is 9.69 Å². The van der Waals surface area contributed by atoms with Crippen LogP contribution in [0.15, 0.2) is 0 Å². The van der Waals surface area contributed by atoms with Crippen LogP contribution in [0.25, 0.3) is 0 Å². The molecule has 0 bridgehead atoms. The lowest BCUT2D eigenvalue weighted by Gasteiger charge is -2.31. The topological polar surface area (TPSA) is 72.9 Å². The van der Waals surface area contributed by atoms with E-state index in [0.717, 1.165) is 4.90 Å². The first kappa shape index (κ1) is 11.5. The van der Waals surface area contributed by atoms with Crippen molar-refractivity contribution in [3.63, 3.8) is 0 Å². The van der Waals surface area contributed by atoms with E-state index in [4.69, 9.17) is 0 Å². The molecule has 1 unspecified atom stereocenters. The first-order valence-corrected chi connectivity index (χ1v) is 4.54. The number of carbonyl (C=O) groups is 3. The molecule has 1 atom stereocenters. The Labute approximate surface area is 87.1 Å². The summed E-state index contributed by atoms with van der Waals surface area (Å²) in [6.07, 6.45) is -0.105. The second-order valence-electron chi connectivity index (χ2n) is 3.21. The Kier molecular flexibility index (Phi) is 3.65. The van der Waals surface area contributed by atoms with Gasteiger partial charge in [-0.1, -0.05) is 0 Å². The first-order valence-electron chi connectivity index (χ1n) is 4.54. The lowest BCUT2D eigenvalue weighted by atomic mass is 10.0. The zero-order valence-corrected chi connectivity index (χ0v) is 8.69. The standard InChI is InChI=1S/C9H13NO5/c1-14-8(12)7-4-3-6(11)5-10(7)9(13)15-2/h7H,3-5H2,1-2H3. The van der Waals surface area contributed by atoms with Crippen molar-refractivity contribution in [2.45, 2.75) is 18.9 Å². The molecule has 0 aliphatic carbocycles. The lowest BCUT2D eigenvalue weighted by Crippen LogP contribution is -2.51. The molecule has 15 heavy (non-hydrogen) atoms. The second kappa shape index (κ2) is 4.77. The maximum atomic E-state index is 11.3. The summed E-state index contributed by atoms with van der Waals surface area (Å²) in [5.41, 5.74) is 0. The summed E-state index contributed by atoms with van der Waals surface area (Å²) >= 11 is 0. The number of carbonyl (C=O) groups excluding carboxylic acids is 3. The van der Waals surface area contributed by atoms with Gasteiger partial charge in [0.1, 0.15) is 6.04 Å². The van der Waals surface area contributed by atoms with Crippen LogP contribution in [-0.2, 0) is 19.1 Å². The number of rotatable bonds is 1. The molecule has 1 heterocycles. The maximum absolute atomic E-state index is 11.3. The van der Waals surface area contributed by atoms with Gasteiger partial charge in [-0.05, 0) is 6.42 Å². The third-order valence-corrected chi connectivity index (χ3v) is 2.30. The third-order valence-electron chi connectivity index (χ3n) is 2.30. The Morgan fingerprint density at radius 3 is 2.53 bits per heavy atom. The number of ether oxygens (including phenoxy) is 2. The molecule has 1 aliphatic rings. The van der Waals surface area contributed by atoms with Crippen molar-refractivity contribution in [3.8, 4) is 0 Å². The predicted molar refractivity (Wildman–Crippen MR) is 49.2 cm³/mol. The SMILES string of the molecule is COC(=O)C1CCC(=O)CN1C(=O)OC. The highest BCUT2D eigenvalue weighted by Crippen LogP contribution is 2.16.